The minimum Gasteiger partial charge on any atom is -0.364 e. The van der Waals surface area contributed by atoms with E-state index in [1.807, 2.05) is 10.7 Å². The molecule has 0 spiro atoms. The molecule has 0 atom stereocenters. The smallest absolute Gasteiger partial charge is 0.267 e. The van der Waals surface area contributed by atoms with Crippen LogP contribution < -0.4 is 5.73 Å². The van der Waals surface area contributed by atoms with Gasteiger partial charge in [0.2, 0.25) is 0 Å². The second-order valence-electron chi connectivity index (χ2n) is 6.12. The zero-order valence-electron chi connectivity index (χ0n) is 12.9. The van der Waals surface area contributed by atoms with Crippen molar-refractivity contribution in [2.75, 3.05) is 0 Å². The van der Waals surface area contributed by atoms with Gasteiger partial charge in [0.05, 0.1) is 11.9 Å². The molecule has 1 saturated carbocycles. The summed E-state index contributed by atoms with van der Waals surface area (Å²) in [7, 11) is 0. The highest BCUT2D eigenvalue weighted by atomic mass is 127. The van der Waals surface area contributed by atoms with Crippen LogP contribution in [0.1, 0.15) is 65.8 Å². The average Bonchev–Trinajstić information content (AvgIpc) is 3.24. The first-order valence-corrected chi connectivity index (χ1v) is 8.53. The lowest BCUT2D eigenvalue weighted by atomic mass is 10.0. The number of pyridine rings is 1. The van der Waals surface area contributed by atoms with Crippen LogP contribution >= 0.6 is 22.6 Å². The van der Waals surface area contributed by atoms with Crippen LogP contribution in [-0.4, -0.2) is 20.7 Å². The number of hydrogen-bond donors (Lipinski definition) is 1. The molecule has 6 heteroatoms. The molecule has 2 heterocycles. The van der Waals surface area contributed by atoms with Crippen LogP contribution in [0.5, 0.6) is 0 Å². The Morgan fingerprint density at radius 2 is 2.14 bits per heavy atom. The summed E-state index contributed by atoms with van der Waals surface area (Å²) in [6, 6.07) is 1.83. The predicted octanol–water partition coefficient (Wildman–Crippen LogP) is 3.28. The van der Waals surface area contributed by atoms with E-state index in [4.69, 9.17) is 10.8 Å². The molecule has 1 aliphatic rings. The lowest BCUT2D eigenvalue weighted by Crippen LogP contribution is -2.15. The molecule has 0 bridgehead atoms. The van der Waals surface area contributed by atoms with Crippen molar-refractivity contribution in [2.24, 2.45) is 5.73 Å². The molecule has 22 heavy (non-hydrogen) atoms. The Morgan fingerprint density at radius 1 is 1.45 bits per heavy atom. The topological polar surface area (TPSA) is 73.8 Å². The molecule has 0 radical (unpaired) electrons. The van der Waals surface area contributed by atoms with Gasteiger partial charge in [0.15, 0.2) is 0 Å². The molecular weight excluding hydrogens is 391 g/mol. The summed E-state index contributed by atoms with van der Waals surface area (Å²) in [6.07, 6.45) is 4.02. The number of halogens is 1. The maximum absolute atomic E-state index is 11.4. The normalized spacial score (nSPS) is 14.6. The van der Waals surface area contributed by atoms with Crippen molar-refractivity contribution in [3.63, 3.8) is 0 Å². The van der Waals surface area contributed by atoms with E-state index in [9.17, 15) is 4.79 Å². The summed E-state index contributed by atoms with van der Waals surface area (Å²) in [5, 5.41) is 4.69. The van der Waals surface area contributed by atoms with Gasteiger partial charge in [-0.3, -0.25) is 4.79 Å². The zero-order chi connectivity index (χ0) is 16.0. The average molecular weight is 410 g/mol. The molecule has 1 fully saturated rings. The largest absolute Gasteiger partial charge is 0.364 e. The first-order valence-electron chi connectivity index (χ1n) is 7.45. The second-order valence-corrected chi connectivity index (χ2v) is 7.15. The van der Waals surface area contributed by atoms with E-state index in [1.165, 1.54) is 5.56 Å². The highest BCUT2D eigenvalue weighted by Crippen LogP contribution is 2.43. The molecule has 2 aromatic rings. The molecule has 0 unspecified atom stereocenters. The van der Waals surface area contributed by atoms with Gasteiger partial charge in [-0.2, -0.15) is 5.10 Å². The van der Waals surface area contributed by atoms with Gasteiger partial charge >= 0.3 is 0 Å². The van der Waals surface area contributed by atoms with Crippen LogP contribution in [0.2, 0.25) is 0 Å². The fourth-order valence-electron chi connectivity index (χ4n) is 2.87. The Bertz CT molecular complexity index is 747. The quantitative estimate of drug-likeness (QED) is 0.787. The standard InChI is InChI=1S/C16H19IN4O/c1-8(2)14-9(3)21(20-15(14)17)13-7-19-12(16(18)22)6-11(13)10-4-5-10/h6-8,10H,4-5H2,1-3H3,(H2,18,22). The summed E-state index contributed by atoms with van der Waals surface area (Å²) < 4.78 is 2.98. The number of rotatable bonds is 4. The van der Waals surface area contributed by atoms with Gasteiger partial charge in [0.1, 0.15) is 9.39 Å². The summed E-state index contributed by atoms with van der Waals surface area (Å²) in [6.45, 7) is 6.43. The zero-order valence-corrected chi connectivity index (χ0v) is 15.1. The summed E-state index contributed by atoms with van der Waals surface area (Å²) >= 11 is 2.28. The van der Waals surface area contributed by atoms with Crippen molar-refractivity contribution >= 4 is 28.5 Å². The fraction of sp³-hybridized carbons (Fsp3) is 0.438. The molecule has 116 valence electrons. The van der Waals surface area contributed by atoms with Gasteiger partial charge in [-0.1, -0.05) is 13.8 Å². The minimum atomic E-state index is -0.483. The van der Waals surface area contributed by atoms with Gasteiger partial charge in [-0.15, -0.1) is 0 Å². The monoisotopic (exact) mass is 410 g/mol. The van der Waals surface area contributed by atoms with Crippen molar-refractivity contribution in [1.82, 2.24) is 14.8 Å². The first-order chi connectivity index (χ1) is 10.4. The molecule has 2 aromatic heterocycles. The van der Waals surface area contributed by atoms with Crippen LogP contribution in [0.4, 0.5) is 0 Å². The lowest BCUT2D eigenvalue weighted by Gasteiger charge is -2.12. The van der Waals surface area contributed by atoms with Crippen LogP contribution in [0, 0.1) is 10.6 Å². The van der Waals surface area contributed by atoms with E-state index in [2.05, 4.69) is 48.3 Å². The van der Waals surface area contributed by atoms with Gasteiger partial charge in [-0.05, 0) is 65.8 Å². The van der Waals surface area contributed by atoms with E-state index in [0.717, 1.165) is 33.5 Å². The maximum Gasteiger partial charge on any atom is 0.267 e. The van der Waals surface area contributed by atoms with Crippen LogP contribution in [-0.2, 0) is 0 Å². The number of amides is 1. The van der Waals surface area contributed by atoms with E-state index >= 15 is 0 Å². The highest BCUT2D eigenvalue weighted by Gasteiger charge is 2.29. The lowest BCUT2D eigenvalue weighted by molar-refractivity contribution is 0.0995. The Balaban J connectivity index is 2.16. The van der Waals surface area contributed by atoms with E-state index in [1.54, 1.807) is 6.20 Å². The first kappa shape index (κ1) is 15.5. The number of primary amides is 1. The summed E-state index contributed by atoms with van der Waals surface area (Å²) in [5.74, 6) is 0.422. The third kappa shape index (κ3) is 2.64. The molecule has 0 saturated heterocycles. The number of carbonyl (C=O) groups excluding carboxylic acids is 1. The maximum atomic E-state index is 11.4. The Hall–Kier alpha value is -1.44. The number of nitrogens with zero attached hydrogens (tertiary/aromatic N) is 3. The van der Waals surface area contributed by atoms with Crippen molar-refractivity contribution in [2.45, 2.75) is 45.4 Å². The van der Waals surface area contributed by atoms with E-state index < -0.39 is 5.91 Å². The van der Waals surface area contributed by atoms with Crippen molar-refractivity contribution < 1.29 is 4.79 Å². The molecule has 0 aromatic carbocycles. The summed E-state index contributed by atoms with van der Waals surface area (Å²) in [5.41, 5.74) is 10.2. The van der Waals surface area contributed by atoms with Crippen LogP contribution in [0.25, 0.3) is 5.69 Å². The van der Waals surface area contributed by atoms with Gasteiger partial charge in [0, 0.05) is 11.3 Å². The SMILES string of the molecule is Cc1c(C(C)C)c(I)nn1-c1cnc(C(N)=O)cc1C1CC1. The molecule has 0 aliphatic heterocycles. The van der Waals surface area contributed by atoms with Crippen molar-refractivity contribution in [1.29, 1.82) is 0 Å². The van der Waals surface area contributed by atoms with E-state index in [-0.39, 0.29) is 0 Å². The Kier molecular flexibility index (Phi) is 3.96. The molecule has 1 amide bonds. The Labute approximate surface area is 143 Å². The molecular formula is C16H19IN4O. The summed E-state index contributed by atoms with van der Waals surface area (Å²) in [4.78, 5) is 15.6. The molecule has 1 aliphatic carbocycles. The van der Waals surface area contributed by atoms with Crippen LogP contribution in [0.3, 0.4) is 0 Å². The molecule has 2 N–H and O–H groups in total. The number of nitrogens with two attached hydrogens (primary N) is 1. The van der Waals surface area contributed by atoms with E-state index in [0.29, 0.717) is 17.5 Å². The van der Waals surface area contributed by atoms with Gasteiger partial charge in [-0.25, -0.2) is 9.67 Å². The van der Waals surface area contributed by atoms with Crippen LogP contribution in [0.15, 0.2) is 12.3 Å². The number of aromatic nitrogens is 3. The third-order valence-corrected chi connectivity index (χ3v) is 4.90. The number of hydrogen-bond acceptors (Lipinski definition) is 3. The van der Waals surface area contributed by atoms with Gasteiger partial charge < -0.3 is 5.73 Å². The van der Waals surface area contributed by atoms with Crippen molar-refractivity contribution in [3.05, 3.63) is 38.5 Å². The predicted molar refractivity (Wildman–Crippen MR) is 93.4 cm³/mol. The molecule has 3 rings (SSSR count). The Morgan fingerprint density at radius 3 is 2.64 bits per heavy atom. The van der Waals surface area contributed by atoms with Gasteiger partial charge in [0.25, 0.3) is 5.91 Å². The number of carbonyl (C=O) groups is 1. The minimum absolute atomic E-state index is 0.328. The molecule has 5 nitrogen and oxygen atoms in total. The van der Waals surface area contributed by atoms with Crippen molar-refractivity contribution in [3.8, 4) is 5.69 Å². The highest BCUT2D eigenvalue weighted by molar-refractivity contribution is 14.1. The fourth-order valence-corrected chi connectivity index (χ4v) is 4.10. The third-order valence-electron chi connectivity index (χ3n) is 4.11. The second kappa shape index (κ2) is 5.64.